The molecule has 2 N–H and O–H groups in total. The van der Waals surface area contributed by atoms with E-state index < -0.39 is 0 Å². The van der Waals surface area contributed by atoms with E-state index in [1.54, 1.807) is 0 Å². The Morgan fingerprint density at radius 2 is 2.10 bits per heavy atom. The predicted octanol–water partition coefficient (Wildman–Crippen LogP) is 2.28. The first-order valence-electron chi connectivity index (χ1n) is 7.70. The summed E-state index contributed by atoms with van der Waals surface area (Å²) in [6.07, 6.45) is 3.12. The molecule has 1 saturated carbocycles. The lowest BCUT2D eigenvalue weighted by atomic mass is 9.81. The molecule has 1 aromatic rings. The van der Waals surface area contributed by atoms with Crippen LogP contribution in [0.5, 0.6) is 0 Å². The van der Waals surface area contributed by atoms with Crippen LogP contribution in [0.25, 0.3) is 0 Å². The minimum absolute atomic E-state index is 0.0152. The molecule has 1 aliphatic carbocycles. The quantitative estimate of drug-likeness (QED) is 0.839. The Kier molecular flexibility index (Phi) is 4.15. The largest absolute Gasteiger partial charge is 0.464 e. The van der Waals surface area contributed by atoms with Crippen molar-refractivity contribution >= 4 is 0 Å². The molecule has 0 aromatic carbocycles. The van der Waals surface area contributed by atoms with Crippen LogP contribution in [0, 0.1) is 11.3 Å². The van der Waals surface area contributed by atoms with Gasteiger partial charge in [-0.2, -0.15) is 0 Å². The van der Waals surface area contributed by atoms with Crippen molar-refractivity contribution < 1.29 is 14.3 Å². The molecule has 0 unspecified atom stereocenters. The van der Waals surface area contributed by atoms with Crippen molar-refractivity contribution in [2.75, 3.05) is 26.4 Å². The Morgan fingerprint density at radius 1 is 1.35 bits per heavy atom. The molecule has 3 rings (SSSR count). The molecule has 2 aliphatic rings. The molecule has 4 nitrogen and oxygen atoms in total. The zero-order chi connectivity index (χ0) is 14.0. The second kappa shape index (κ2) is 5.88. The van der Waals surface area contributed by atoms with E-state index in [0.717, 1.165) is 56.6 Å². The van der Waals surface area contributed by atoms with Gasteiger partial charge in [0.15, 0.2) is 0 Å². The average Bonchev–Trinajstić information content (AvgIpc) is 3.02. The molecule has 1 aliphatic heterocycles. The number of rotatable bonds is 6. The van der Waals surface area contributed by atoms with Gasteiger partial charge in [0.1, 0.15) is 11.5 Å². The minimum atomic E-state index is -0.0152. The molecule has 2 heterocycles. The highest BCUT2D eigenvalue weighted by atomic mass is 16.5. The molecule has 0 bridgehead atoms. The van der Waals surface area contributed by atoms with E-state index in [-0.39, 0.29) is 12.0 Å². The van der Waals surface area contributed by atoms with E-state index >= 15 is 0 Å². The van der Waals surface area contributed by atoms with Gasteiger partial charge in [-0.25, -0.2) is 0 Å². The van der Waals surface area contributed by atoms with Crippen LogP contribution in [0.2, 0.25) is 0 Å². The highest BCUT2D eigenvalue weighted by molar-refractivity contribution is 5.17. The molecule has 1 saturated heterocycles. The summed E-state index contributed by atoms with van der Waals surface area (Å²) in [5.41, 5.74) is -0.0152. The molecule has 0 spiro atoms. The second-order valence-corrected chi connectivity index (χ2v) is 6.50. The van der Waals surface area contributed by atoms with Crippen LogP contribution in [0.15, 0.2) is 16.5 Å². The fraction of sp³-hybridized carbons (Fsp3) is 0.750. The van der Waals surface area contributed by atoms with Gasteiger partial charge in [-0.1, -0.05) is 6.92 Å². The average molecular weight is 279 g/mol. The third-order valence-electron chi connectivity index (χ3n) is 4.85. The van der Waals surface area contributed by atoms with Gasteiger partial charge in [0.2, 0.25) is 0 Å². The summed E-state index contributed by atoms with van der Waals surface area (Å²) in [5, 5.41) is 13.1. The van der Waals surface area contributed by atoms with Crippen LogP contribution in [0.1, 0.15) is 43.6 Å². The van der Waals surface area contributed by atoms with Crippen molar-refractivity contribution in [2.45, 2.75) is 38.6 Å². The van der Waals surface area contributed by atoms with Crippen molar-refractivity contribution in [1.29, 1.82) is 0 Å². The number of nitrogens with one attached hydrogen (secondary N) is 1. The maximum atomic E-state index is 9.63. The number of hydrogen-bond acceptors (Lipinski definition) is 4. The van der Waals surface area contributed by atoms with Crippen LogP contribution in [-0.2, 0) is 11.3 Å². The van der Waals surface area contributed by atoms with Crippen molar-refractivity contribution in [3.63, 3.8) is 0 Å². The summed E-state index contributed by atoms with van der Waals surface area (Å²) in [5.74, 6) is 3.56. The zero-order valence-electron chi connectivity index (χ0n) is 12.2. The van der Waals surface area contributed by atoms with Gasteiger partial charge in [-0.15, -0.1) is 0 Å². The van der Waals surface area contributed by atoms with Crippen LogP contribution in [-0.4, -0.2) is 31.5 Å². The molecule has 4 heteroatoms. The molecule has 2 atom stereocenters. The van der Waals surface area contributed by atoms with Gasteiger partial charge >= 0.3 is 0 Å². The third kappa shape index (κ3) is 3.08. The van der Waals surface area contributed by atoms with Gasteiger partial charge in [-0.3, -0.25) is 0 Å². The summed E-state index contributed by atoms with van der Waals surface area (Å²) in [6.45, 7) is 5.57. The number of aliphatic hydroxyl groups excluding tert-OH is 1. The maximum absolute atomic E-state index is 9.63. The van der Waals surface area contributed by atoms with E-state index in [4.69, 9.17) is 9.15 Å². The Morgan fingerprint density at radius 3 is 2.75 bits per heavy atom. The minimum Gasteiger partial charge on any atom is -0.464 e. The smallest absolute Gasteiger partial charge is 0.117 e. The first kappa shape index (κ1) is 14.1. The van der Waals surface area contributed by atoms with Crippen LogP contribution in [0.3, 0.4) is 0 Å². The van der Waals surface area contributed by atoms with Crippen LogP contribution >= 0.6 is 0 Å². The molecular weight excluding hydrogens is 254 g/mol. The van der Waals surface area contributed by atoms with E-state index in [0.29, 0.717) is 5.92 Å². The summed E-state index contributed by atoms with van der Waals surface area (Å²) in [6, 6.07) is 4.18. The van der Waals surface area contributed by atoms with Crippen molar-refractivity contribution in [3.8, 4) is 0 Å². The number of hydrogen-bond donors (Lipinski definition) is 2. The Labute approximate surface area is 120 Å². The Balaban J connectivity index is 1.48. The van der Waals surface area contributed by atoms with Crippen LogP contribution < -0.4 is 5.32 Å². The monoisotopic (exact) mass is 279 g/mol. The Bertz CT molecular complexity index is 437. The van der Waals surface area contributed by atoms with E-state index in [1.807, 2.05) is 0 Å². The van der Waals surface area contributed by atoms with Crippen molar-refractivity contribution in [3.05, 3.63) is 23.7 Å². The lowest BCUT2D eigenvalue weighted by Crippen LogP contribution is -2.41. The first-order valence-corrected chi connectivity index (χ1v) is 7.70. The van der Waals surface area contributed by atoms with E-state index in [2.05, 4.69) is 24.4 Å². The van der Waals surface area contributed by atoms with E-state index in [1.165, 1.54) is 6.42 Å². The Hall–Kier alpha value is -0.840. The highest BCUT2D eigenvalue weighted by Gasteiger charge is 2.36. The number of furan rings is 1. The summed E-state index contributed by atoms with van der Waals surface area (Å²) >= 11 is 0. The summed E-state index contributed by atoms with van der Waals surface area (Å²) in [4.78, 5) is 0. The zero-order valence-corrected chi connectivity index (χ0v) is 12.2. The third-order valence-corrected chi connectivity index (χ3v) is 4.85. The molecule has 0 radical (unpaired) electrons. The molecule has 0 amide bonds. The normalized spacial score (nSPS) is 28.5. The summed E-state index contributed by atoms with van der Waals surface area (Å²) in [7, 11) is 0. The number of aliphatic hydroxyl groups is 1. The first-order chi connectivity index (χ1) is 9.72. The topological polar surface area (TPSA) is 54.6 Å². The predicted molar refractivity (Wildman–Crippen MR) is 76.5 cm³/mol. The van der Waals surface area contributed by atoms with Crippen LogP contribution in [0.4, 0.5) is 0 Å². The fourth-order valence-electron chi connectivity index (χ4n) is 3.05. The highest BCUT2D eigenvalue weighted by Crippen LogP contribution is 2.47. The lowest BCUT2D eigenvalue weighted by Gasteiger charge is -2.35. The lowest BCUT2D eigenvalue weighted by molar-refractivity contribution is -0.0155. The van der Waals surface area contributed by atoms with Crippen molar-refractivity contribution in [2.24, 2.45) is 11.3 Å². The molecular formula is C16H25NO3. The van der Waals surface area contributed by atoms with Gasteiger partial charge in [-0.05, 0) is 37.3 Å². The van der Waals surface area contributed by atoms with Gasteiger partial charge in [0.25, 0.3) is 0 Å². The molecule has 112 valence electrons. The van der Waals surface area contributed by atoms with E-state index in [9.17, 15) is 5.11 Å². The number of ether oxygens (including phenoxy) is 1. The molecule has 20 heavy (non-hydrogen) atoms. The maximum Gasteiger partial charge on any atom is 0.117 e. The summed E-state index contributed by atoms with van der Waals surface area (Å²) < 4.78 is 11.3. The fourth-order valence-corrected chi connectivity index (χ4v) is 3.05. The molecule has 1 aromatic heterocycles. The van der Waals surface area contributed by atoms with Gasteiger partial charge in [0, 0.05) is 31.1 Å². The van der Waals surface area contributed by atoms with Crippen molar-refractivity contribution in [1.82, 2.24) is 5.32 Å². The molecule has 2 fully saturated rings. The second-order valence-electron chi connectivity index (χ2n) is 6.50. The van der Waals surface area contributed by atoms with Gasteiger partial charge < -0.3 is 19.6 Å². The SMILES string of the molecule is C[C@H]1C[C@H]1c1ccc(CNCC2(CO)CCOCC2)o1. The van der Waals surface area contributed by atoms with Gasteiger partial charge in [0.05, 0.1) is 13.2 Å². The standard InChI is InChI=1S/C16H25NO3/c1-12-8-14(12)15-3-2-13(20-15)9-17-10-16(11-18)4-6-19-7-5-16/h2-3,12,14,17-18H,4-11H2,1H3/t12-,14+/m0/s1.